The number of methoxy groups -OCH3 is 2. The van der Waals surface area contributed by atoms with Crippen molar-refractivity contribution in [3.63, 3.8) is 0 Å². The molecule has 0 saturated carbocycles. The van der Waals surface area contributed by atoms with Crippen LogP contribution in [0.15, 0.2) is 78.9 Å². The predicted molar refractivity (Wildman–Crippen MR) is 193 cm³/mol. The molecule has 15 nitrogen and oxygen atoms in total. The van der Waals surface area contributed by atoms with Gasteiger partial charge in [0, 0.05) is 5.56 Å². The number of amides is 5. The fraction of sp³-hybridized carbons (Fsp3) is 0.375. The van der Waals surface area contributed by atoms with Crippen LogP contribution in [0.5, 0.6) is 0 Å². The number of nitrogens with zero attached hydrogens (tertiary/aromatic N) is 3. The van der Waals surface area contributed by atoms with Gasteiger partial charge >= 0.3 is 30.2 Å². The molecule has 0 bridgehead atoms. The molecule has 3 aromatic rings. The van der Waals surface area contributed by atoms with Crippen LogP contribution in [-0.4, -0.2) is 78.4 Å². The van der Waals surface area contributed by atoms with Crippen LogP contribution in [0.1, 0.15) is 58.2 Å². The van der Waals surface area contributed by atoms with Gasteiger partial charge in [-0.2, -0.15) is 0 Å². The SMILES string of the molecule is COC(=O)[C@@H]1[C@@H](C(=O)OC)[C@]2(C(=O)N(C(=O)OC(C)(C)C)c3ccccc32)[C@@]2(C(=O)N(C(=O)OC(C)(C)C)c3ccccc32)N1C(=O)OCc1ccccc1. The minimum atomic E-state index is -2.82. The quantitative estimate of drug-likeness (QED) is 0.246. The lowest BCUT2D eigenvalue weighted by atomic mass is 9.58. The number of para-hydroxylation sites is 2. The van der Waals surface area contributed by atoms with Gasteiger partial charge in [-0.25, -0.2) is 29.0 Å². The highest BCUT2D eigenvalue weighted by atomic mass is 16.6. The van der Waals surface area contributed by atoms with Crippen LogP contribution in [-0.2, 0) is 60.4 Å². The highest BCUT2D eigenvalue weighted by molar-refractivity contribution is 6.31. The van der Waals surface area contributed by atoms with E-state index < -0.39 is 76.1 Å². The normalized spacial score (nSPS) is 22.7. The van der Waals surface area contributed by atoms with Crippen LogP contribution in [0.4, 0.5) is 25.8 Å². The number of carbonyl (C=O) groups excluding carboxylic acids is 7. The van der Waals surface area contributed by atoms with Crippen molar-refractivity contribution in [1.82, 2.24) is 4.90 Å². The number of carbonyl (C=O) groups is 7. The zero-order valence-corrected chi connectivity index (χ0v) is 31.6. The maximum atomic E-state index is 15.8. The number of rotatable bonds is 4. The lowest BCUT2D eigenvalue weighted by molar-refractivity contribution is -0.157. The van der Waals surface area contributed by atoms with Crippen molar-refractivity contribution in [1.29, 1.82) is 0 Å². The van der Waals surface area contributed by atoms with Gasteiger partial charge in [-0.15, -0.1) is 0 Å². The minimum absolute atomic E-state index is 0.112. The third-order valence-corrected chi connectivity index (χ3v) is 9.60. The Morgan fingerprint density at radius 3 is 1.62 bits per heavy atom. The lowest BCUT2D eigenvalue weighted by Crippen LogP contribution is -2.66. The molecule has 1 fully saturated rings. The van der Waals surface area contributed by atoms with Gasteiger partial charge in [0.25, 0.3) is 11.8 Å². The average molecular weight is 756 g/mol. The van der Waals surface area contributed by atoms with Gasteiger partial charge in [0.15, 0.2) is 5.54 Å². The topological polar surface area (TPSA) is 175 Å². The van der Waals surface area contributed by atoms with E-state index in [0.29, 0.717) is 20.3 Å². The summed E-state index contributed by atoms with van der Waals surface area (Å²) in [6.07, 6.45) is -3.70. The number of ether oxygens (including phenoxy) is 5. The van der Waals surface area contributed by atoms with Crippen molar-refractivity contribution < 1.29 is 57.2 Å². The minimum Gasteiger partial charge on any atom is -0.469 e. The maximum absolute atomic E-state index is 15.8. The van der Waals surface area contributed by atoms with Crippen molar-refractivity contribution in [3.8, 4) is 0 Å². The third-order valence-electron chi connectivity index (χ3n) is 9.60. The molecule has 0 unspecified atom stereocenters. The number of imide groups is 2. The zero-order valence-electron chi connectivity index (χ0n) is 31.6. The van der Waals surface area contributed by atoms with E-state index >= 15 is 9.59 Å². The molecule has 15 heteroatoms. The van der Waals surface area contributed by atoms with E-state index in [4.69, 9.17) is 23.7 Å². The molecule has 3 aliphatic heterocycles. The van der Waals surface area contributed by atoms with Gasteiger partial charge in [0.1, 0.15) is 35.2 Å². The summed E-state index contributed by atoms with van der Waals surface area (Å²) in [6, 6.07) is 17.9. The number of hydrogen-bond donors (Lipinski definition) is 0. The molecule has 3 heterocycles. The molecule has 4 atom stereocenters. The van der Waals surface area contributed by atoms with Crippen molar-refractivity contribution >= 4 is 53.4 Å². The monoisotopic (exact) mass is 755 g/mol. The predicted octanol–water partition coefficient (Wildman–Crippen LogP) is 5.37. The average Bonchev–Trinajstić information content (AvgIpc) is 3.67. The molecule has 3 aliphatic rings. The Balaban J connectivity index is 1.76. The van der Waals surface area contributed by atoms with E-state index in [0.717, 1.165) is 14.2 Å². The van der Waals surface area contributed by atoms with Crippen LogP contribution >= 0.6 is 0 Å². The van der Waals surface area contributed by atoms with E-state index in [1.807, 2.05) is 0 Å². The molecule has 0 aliphatic carbocycles. The van der Waals surface area contributed by atoms with Crippen molar-refractivity contribution in [2.24, 2.45) is 5.92 Å². The van der Waals surface area contributed by atoms with Gasteiger partial charge in [-0.05, 0) is 64.8 Å². The third kappa shape index (κ3) is 5.76. The van der Waals surface area contributed by atoms with Crippen molar-refractivity contribution in [2.75, 3.05) is 24.0 Å². The largest absolute Gasteiger partial charge is 0.469 e. The molecule has 3 aromatic carbocycles. The summed E-state index contributed by atoms with van der Waals surface area (Å²) in [7, 11) is 2.00. The lowest BCUT2D eigenvalue weighted by Gasteiger charge is -2.43. The van der Waals surface area contributed by atoms with Crippen LogP contribution in [0.3, 0.4) is 0 Å². The first-order valence-electron chi connectivity index (χ1n) is 17.4. The summed E-state index contributed by atoms with van der Waals surface area (Å²) in [4.78, 5) is 106. The highest BCUT2D eigenvalue weighted by Gasteiger charge is 2.86. The number of likely N-dealkylation sites (tertiary alicyclic amines) is 1. The first-order chi connectivity index (χ1) is 25.9. The number of benzene rings is 3. The molecule has 288 valence electrons. The molecule has 1 saturated heterocycles. The fourth-order valence-electron chi connectivity index (χ4n) is 7.85. The molecule has 55 heavy (non-hydrogen) atoms. The summed E-state index contributed by atoms with van der Waals surface area (Å²) >= 11 is 0. The van der Waals surface area contributed by atoms with E-state index in [-0.39, 0.29) is 29.1 Å². The van der Waals surface area contributed by atoms with Crippen LogP contribution < -0.4 is 9.80 Å². The second-order valence-electron chi connectivity index (χ2n) is 15.2. The molecular weight excluding hydrogens is 714 g/mol. The Morgan fingerprint density at radius 1 is 0.618 bits per heavy atom. The Kier molecular flexibility index (Phi) is 9.48. The summed E-state index contributed by atoms with van der Waals surface area (Å²) in [5.41, 5.74) is -7.82. The first-order valence-corrected chi connectivity index (χ1v) is 17.4. The number of anilines is 2. The van der Waals surface area contributed by atoms with Crippen LogP contribution in [0.2, 0.25) is 0 Å². The summed E-state index contributed by atoms with van der Waals surface area (Å²) < 4.78 is 27.7. The molecule has 5 amide bonds. The fourth-order valence-corrected chi connectivity index (χ4v) is 7.85. The molecule has 0 aromatic heterocycles. The van der Waals surface area contributed by atoms with Gasteiger partial charge in [0.2, 0.25) is 0 Å². The number of fused-ring (bicyclic) bond motifs is 5. The second kappa shape index (κ2) is 13.6. The van der Waals surface area contributed by atoms with Gasteiger partial charge in [0.05, 0.1) is 25.6 Å². The van der Waals surface area contributed by atoms with Crippen LogP contribution in [0.25, 0.3) is 0 Å². The van der Waals surface area contributed by atoms with E-state index in [1.54, 1.807) is 71.9 Å². The van der Waals surface area contributed by atoms with Gasteiger partial charge < -0.3 is 23.7 Å². The smallest absolute Gasteiger partial charge is 0.421 e. The molecule has 2 spiro atoms. The van der Waals surface area contributed by atoms with Crippen molar-refractivity contribution in [3.05, 3.63) is 95.6 Å². The van der Waals surface area contributed by atoms with Crippen LogP contribution in [0, 0.1) is 5.92 Å². The van der Waals surface area contributed by atoms with Gasteiger partial charge in [-0.1, -0.05) is 66.7 Å². The zero-order chi connectivity index (χ0) is 40.2. The molecule has 0 N–H and O–H groups in total. The first kappa shape index (κ1) is 38.5. The molecule has 6 rings (SSSR count). The summed E-state index contributed by atoms with van der Waals surface area (Å²) in [6.45, 7) is 9.09. The Morgan fingerprint density at radius 2 is 1.09 bits per heavy atom. The summed E-state index contributed by atoms with van der Waals surface area (Å²) in [5.74, 6) is -7.02. The summed E-state index contributed by atoms with van der Waals surface area (Å²) in [5, 5.41) is 0. The Bertz CT molecular complexity index is 2110. The second-order valence-corrected chi connectivity index (χ2v) is 15.2. The Labute approximate surface area is 317 Å². The highest BCUT2D eigenvalue weighted by Crippen LogP contribution is 2.68. The maximum Gasteiger partial charge on any atom is 0.421 e. The Hall–Kier alpha value is -6.25. The van der Waals surface area contributed by atoms with Crippen molar-refractivity contribution in [2.45, 2.75) is 76.3 Å². The van der Waals surface area contributed by atoms with E-state index in [2.05, 4.69) is 0 Å². The number of hydrogen-bond acceptors (Lipinski definition) is 12. The molecule has 0 radical (unpaired) electrons. The standard InChI is InChI=1S/C40H41N3O12/c1-37(2,3)54-34(48)41-26-20-14-12-18-24(26)39(32(41)46)28(30(44)51-7)29(31(45)52-8)43(36(50)53-22-23-16-10-9-11-17-23)40(39)25-19-13-15-21-27(25)42(33(40)47)35(49)55-38(4,5)6/h9-21,28-29H,22H2,1-8H3/t28-,29-,39+,40+/m0/s1. The molecular formula is C40H41N3O12. The van der Waals surface area contributed by atoms with E-state index in [9.17, 15) is 24.0 Å². The van der Waals surface area contributed by atoms with E-state index in [1.165, 1.54) is 48.5 Å². The van der Waals surface area contributed by atoms with Gasteiger partial charge in [-0.3, -0.25) is 19.3 Å². The number of esters is 2.